The van der Waals surface area contributed by atoms with E-state index in [0.717, 1.165) is 37.8 Å². The molecule has 120 valence electrons. The van der Waals surface area contributed by atoms with Crippen LogP contribution in [-0.2, 0) is 16.6 Å². The van der Waals surface area contributed by atoms with Gasteiger partial charge in [0.1, 0.15) is 16.4 Å². The van der Waals surface area contributed by atoms with Crippen LogP contribution in [0.15, 0.2) is 9.31 Å². The SMILES string of the molecule is CCCNCc1c(C)oc(C)c1S(=O)(=O)N(C)C1CCC1. The third-order valence-corrected chi connectivity index (χ3v) is 6.39. The van der Waals surface area contributed by atoms with E-state index in [1.807, 2.05) is 6.92 Å². The normalized spacial score (nSPS) is 16.4. The molecule has 0 unspecified atom stereocenters. The molecule has 0 saturated heterocycles. The van der Waals surface area contributed by atoms with Crippen LogP contribution in [0.3, 0.4) is 0 Å². The molecule has 5 nitrogen and oxygen atoms in total. The van der Waals surface area contributed by atoms with Crippen molar-refractivity contribution >= 4 is 10.0 Å². The molecule has 1 aromatic heterocycles. The summed E-state index contributed by atoms with van der Waals surface area (Å²) in [4.78, 5) is 0.359. The number of hydrogen-bond donors (Lipinski definition) is 1. The molecule has 6 heteroatoms. The van der Waals surface area contributed by atoms with Crippen molar-refractivity contribution in [3.63, 3.8) is 0 Å². The molecule has 0 radical (unpaired) electrons. The Morgan fingerprint density at radius 3 is 2.48 bits per heavy atom. The van der Waals surface area contributed by atoms with E-state index in [1.165, 1.54) is 4.31 Å². The monoisotopic (exact) mass is 314 g/mol. The Morgan fingerprint density at radius 1 is 1.29 bits per heavy atom. The number of furan rings is 1. The summed E-state index contributed by atoms with van der Waals surface area (Å²) < 4.78 is 32.9. The number of aryl methyl sites for hydroxylation is 2. The fourth-order valence-corrected chi connectivity index (χ4v) is 4.56. The molecule has 1 aromatic rings. The Labute approximate surface area is 127 Å². The summed E-state index contributed by atoms with van der Waals surface area (Å²) in [5.41, 5.74) is 0.770. The van der Waals surface area contributed by atoms with Crippen molar-refractivity contribution in [1.29, 1.82) is 0 Å². The van der Waals surface area contributed by atoms with E-state index in [4.69, 9.17) is 4.42 Å². The van der Waals surface area contributed by atoms with Crippen LogP contribution in [0.25, 0.3) is 0 Å². The Bertz CT molecular complexity index is 588. The standard InChI is InChI=1S/C15H26N2O3S/c1-5-9-16-10-14-11(2)20-12(3)15(14)21(18,19)17(4)13-7-6-8-13/h13,16H,5-10H2,1-4H3. The van der Waals surface area contributed by atoms with Gasteiger partial charge in [0, 0.05) is 25.2 Å². The van der Waals surface area contributed by atoms with E-state index in [2.05, 4.69) is 12.2 Å². The van der Waals surface area contributed by atoms with Gasteiger partial charge in [-0.25, -0.2) is 8.42 Å². The van der Waals surface area contributed by atoms with Crippen LogP contribution in [0.4, 0.5) is 0 Å². The van der Waals surface area contributed by atoms with Crippen LogP contribution < -0.4 is 5.32 Å². The fourth-order valence-electron chi connectivity index (χ4n) is 2.73. The summed E-state index contributed by atoms with van der Waals surface area (Å²) in [6, 6.07) is 0.140. The minimum atomic E-state index is -3.48. The Morgan fingerprint density at radius 2 is 1.95 bits per heavy atom. The first-order valence-corrected chi connectivity index (χ1v) is 9.11. The van der Waals surface area contributed by atoms with Crippen molar-refractivity contribution in [3.05, 3.63) is 17.1 Å². The Balaban J connectivity index is 2.32. The summed E-state index contributed by atoms with van der Waals surface area (Å²) in [5.74, 6) is 1.18. The van der Waals surface area contributed by atoms with Gasteiger partial charge in [-0.15, -0.1) is 0 Å². The van der Waals surface area contributed by atoms with Gasteiger partial charge in [-0.3, -0.25) is 0 Å². The molecule has 0 aromatic carbocycles. The largest absolute Gasteiger partial charge is 0.465 e. The van der Waals surface area contributed by atoms with Gasteiger partial charge in [-0.2, -0.15) is 4.31 Å². The van der Waals surface area contributed by atoms with E-state index < -0.39 is 10.0 Å². The fraction of sp³-hybridized carbons (Fsp3) is 0.733. The van der Waals surface area contributed by atoms with Crippen molar-refractivity contribution in [2.24, 2.45) is 0 Å². The van der Waals surface area contributed by atoms with E-state index in [0.29, 0.717) is 23.0 Å². The van der Waals surface area contributed by atoms with Gasteiger partial charge in [0.05, 0.1) is 0 Å². The molecule has 2 rings (SSSR count). The van der Waals surface area contributed by atoms with E-state index in [9.17, 15) is 8.42 Å². The van der Waals surface area contributed by atoms with Crippen molar-refractivity contribution in [2.45, 2.75) is 63.9 Å². The lowest BCUT2D eigenvalue weighted by Gasteiger charge is -2.33. The second-order valence-electron chi connectivity index (χ2n) is 5.80. The molecule has 1 aliphatic rings. The predicted molar refractivity (Wildman–Crippen MR) is 82.8 cm³/mol. The maximum absolute atomic E-state index is 12.9. The van der Waals surface area contributed by atoms with Gasteiger partial charge < -0.3 is 9.73 Å². The van der Waals surface area contributed by atoms with Crippen molar-refractivity contribution in [3.8, 4) is 0 Å². The van der Waals surface area contributed by atoms with E-state index in [-0.39, 0.29) is 6.04 Å². The zero-order valence-corrected chi connectivity index (χ0v) is 14.2. The number of rotatable bonds is 7. The van der Waals surface area contributed by atoms with Gasteiger partial charge in [-0.05, 0) is 39.7 Å². The highest BCUT2D eigenvalue weighted by Gasteiger charge is 2.36. The van der Waals surface area contributed by atoms with Crippen LogP contribution in [0.5, 0.6) is 0 Å². The highest BCUT2D eigenvalue weighted by atomic mass is 32.2. The van der Waals surface area contributed by atoms with Crippen molar-refractivity contribution in [2.75, 3.05) is 13.6 Å². The van der Waals surface area contributed by atoms with E-state index in [1.54, 1.807) is 14.0 Å². The molecule has 0 bridgehead atoms. The van der Waals surface area contributed by atoms with Gasteiger partial charge in [0.15, 0.2) is 0 Å². The summed E-state index contributed by atoms with van der Waals surface area (Å²) in [5, 5.41) is 3.27. The third kappa shape index (κ3) is 3.17. The average molecular weight is 314 g/mol. The molecule has 0 atom stereocenters. The Kier molecular flexibility index (Phi) is 5.11. The third-order valence-electron chi connectivity index (χ3n) is 4.28. The first-order valence-electron chi connectivity index (χ1n) is 7.67. The second kappa shape index (κ2) is 6.50. The molecule has 1 N–H and O–H groups in total. The maximum Gasteiger partial charge on any atom is 0.246 e. The number of sulfonamides is 1. The molecule has 0 amide bonds. The van der Waals surface area contributed by atoms with Crippen LogP contribution in [-0.4, -0.2) is 32.4 Å². The molecule has 1 aliphatic carbocycles. The van der Waals surface area contributed by atoms with Gasteiger partial charge >= 0.3 is 0 Å². The summed E-state index contributed by atoms with van der Waals surface area (Å²) in [7, 11) is -1.79. The van der Waals surface area contributed by atoms with Crippen LogP contribution >= 0.6 is 0 Å². The molecule has 1 fully saturated rings. The average Bonchev–Trinajstić information content (AvgIpc) is 2.62. The number of hydrogen-bond acceptors (Lipinski definition) is 4. The van der Waals surface area contributed by atoms with Crippen LogP contribution in [0.1, 0.15) is 49.7 Å². The Hall–Kier alpha value is -0.850. The smallest absolute Gasteiger partial charge is 0.246 e. The molecule has 1 heterocycles. The lowest BCUT2D eigenvalue weighted by Crippen LogP contribution is -2.41. The summed E-state index contributed by atoms with van der Waals surface area (Å²) >= 11 is 0. The predicted octanol–water partition coefficient (Wildman–Crippen LogP) is 2.57. The molecule has 0 aliphatic heterocycles. The van der Waals surface area contributed by atoms with Crippen LogP contribution in [0.2, 0.25) is 0 Å². The minimum absolute atomic E-state index is 0.140. The molecule has 21 heavy (non-hydrogen) atoms. The lowest BCUT2D eigenvalue weighted by atomic mass is 9.94. The highest BCUT2D eigenvalue weighted by molar-refractivity contribution is 7.89. The van der Waals surface area contributed by atoms with Gasteiger partial charge in [0.2, 0.25) is 10.0 Å². The molecule has 1 saturated carbocycles. The zero-order valence-electron chi connectivity index (χ0n) is 13.4. The maximum atomic E-state index is 12.9. The summed E-state index contributed by atoms with van der Waals surface area (Å²) in [6.45, 7) is 7.05. The molecule has 0 spiro atoms. The molecular formula is C15H26N2O3S. The van der Waals surface area contributed by atoms with Gasteiger partial charge in [-0.1, -0.05) is 13.3 Å². The molecular weight excluding hydrogens is 288 g/mol. The van der Waals surface area contributed by atoms with Gasteiger partial charge in [0.25, 0.3) is 0 Å². The lowest BCUT2D eigenvalue weighted by molar-refractivity contribution is 0.249. The van der Waals surface area contributed by atoms with Crippen molar-refractivity contribution in [1.82, 2.24) is 9.62 Å². The number of nitrogens with one attached hydrogen (secondary N) is 1. The first-order chi connectivity index (χ1) is 9.89. The second-order valence-corrected chi connectivity index (χ2v) is 7.74. The van der Waals surface area contributed by atoms with E-state index >= 15 is 0 Å². The zero-order chi connectivity index (χ0) is 15.6. The topological polar surface area (TPSA) is 62.6 Å². The highest BCUT2D eigenvalue weighted by Crippen LogP contribution is 2.33. The van der Waals surface area contributed by atoms with Crippen LogP contribution in [0, 0.1) is 13.8 Å². The minimum Gasteiger partial charge on any atom is -0.465 e. The quantitative estimate of drug-likeness (QED) is 0.786. The first kappa shape index (κ1) is 16.5. The van der Waals surface area contributed by atoms with Crippen molar-refractivity contribution < 1.29 is 12.8 Å². The summed E-state index contributed by atoms with van der Waals surface area (Å²) in [6.07, 6.45) is 4.03. The number of nitrogens with zero attached hydrogens (tertiary/aromatic N) is 1.